The van der Waals surface area contributed by atoms with Crippen molar-refractivity contribution in [2.75, 3.05) is 0 Å². The van der Waals surface area contributed by atoms with E-state index >= 15 is 0 Å². The minimum Gasteiger partial charge on any atom is -0.287 e. The number of hydrogen-bond acceptors (Lipinski definition) is 4. The zero-order valence-corrected chi connectivity index (χ0v) is 14.0. The molecule has 3 heterocycles. The Morgan fingerprint density at radius 1 is 1.04 bits per heavy atom. The van der Waals surface area contributed by atoms with Gasteiger partial charge < -0.3 is 0 Å². The van der Waals surface area contributed by atoms with Crippen LogP contribution < -0.4 is 11.1 Å². The molecule has 0 fully saturated rings. The van der Waals surface area contributed by atoms with E-state index in [1.54, 1.807) is 12.3 Å². The lowest BCUT2D eigenvalue weighted by molar-refractivity contribution is 0.778. The molecule has 0 aliphatic rings. The van der Waals surface area contributed by atoms with Crippen molar-refractivity contribution in [3.05, 3.63) is 92.1 Å². The maximum absolute atomic E-state index is 12.9. The van der Waals surface area contributed by atoms with Crippen LogP contribution in [0.15, 0.2) is 64.3 Å². The normalized spacial score (nSPS) is 10.9. The Labute approximate surface area is 148 Å². The van der Waals surface area contributed by atoms with E-state index in [2.05, 4.69) is 4.98 Å². The molecule has 126 valence electrons. The summed E-state index contributed by atoms with van der Waals surface area (Å²) in [5, 5.41) is 9.57. The van der Waals surface area contributed by atoms with Crippen molar-refractivity contribution >= 4 is 16.7 Å². The van der Waals surface area contributed by atoms with E-state index in [1.807, 2.05) is 49.4 Å². The highest BCUT2D eigenvalue weighted by atomic mass is 16.1. The molecule has 1 aromatic carbocycles. The first-order chi connectivity index (χ1) is 12.6. The molecule has 4 rings (SSSR count). The van der Waals surface area contributed by atoms with Gasteiger partial charge >= 0.3 is 0 Å². The van der Waals surface area contributed by atoms with Crippen LogP contribution in [-0.2, 0) is 6.54 Å². The van der Waals surface area contributed by atoms with Gasteiger partial charge in [0, 0.05) is 6.20 Å². The summed E-state index contributed by atoms with van der Waals surface area (Å²) < 4.78 is 2.84. The number of nitrogens with zero attached hydrogens (tertiary/aromatic N) is 4. The van der Waals surface area contributed by atoms with Crippen molar-refractivity contribution in [1.82, 2.24) is 14.0 Å². The number of benzene rings is 1. The summed E-state index contributed by atoms with van der Waals surface area (Å²) in [4.78, 5) is 30.3. The Kier molecular flexibility index (Phi) is 3.63. The minimum atomic E-state index is -0.450. The Balaban J connectivity index is 2.15. The van der Waals surface area contributed by atoms with Crippen LogP contribution in [0.1, 0.15) is 16.7 Å². The van der Waals surface area contributed by atoms with Gasteiger partial charge in [0.2, 0.25) is 0 Å². The van der Waals surface area contributed by atoms with E-state index in [-0.39, 0.29) is 28.7 Å². The predicted molar refractivity (Wildman–Crippen MR) is 98.2 cm³/mol. The molecule has 6 heteroatoms. The Hall–Kier alpha value is -3.72. The van der Waals surface area contributed by atoms with Crippen molar-refractivity contribution in [3.63, 3.8) is 0 Å². The second-order valence-electron chi connectivity index (χ2n) is 6.09. The van der Waals surface area contributed by atoms with Crippen molar-refractivity contribution in [1.29, 1.82) is 5.26 Å². The van der Waals surface area contributed by atoms with Crippen LogP contribution >= 0.6 is 0 Å². The molecule has 26 heavy (non-hydrogen) atoms. The number of pyridine rings is 2. The summed E-state index contributed by atoms with van der Waals surface area (Å²) in [7, 11) is 0. The lowest BCUT2D eigenvalue weighted by Gasteiger charge is -2.12. The Bertz CT molecular complexity index is 1310. The summed E-state index contributed by atoms with van der Waals surface area (Å²) in [6.07, 6.45) is 1.63. The molecule has 6 nitrogen and oxygen atoms in total. The molecule has 0 amide bonds. The molecule has 0 saturated heterocycles. The number of rotatable bonds is 2. The van der Waals surface area contributed by atoms with Gasteiger partial charge in [-0.05, 0) is 30.2 Å². The fourth-order valence-corrected chi connectivity index (χ4v) is 3.07. The van der Waals surface area contributed by atoms with Crippen LogP contribution in [0.3, 0.4) is 0 Å². The van der Waals surface area contributed by atoms with Crippen LogP contribution in [0.5, 0.6) is 0 Å². The van der Waals surface area contributed by atoms with Crippen molar-refractivity contribution < 1.29 is 0 Å². The number of aromatic nitrogens is 3. The molecule has 3 aromatic heterocycles. The first-order valence-electron chi connectivity index (χ1n) is 8.09. The highest BCUT2D eigenvalue weighted by Gasteiger charge is 2.15. The molecule has 0 N–H and O–H groups in total. The molecular weight excluding hydrogens is 328 g/mol. The zero-order valence-electron chi connectivity index (χ0n) is 14.0. The molecule has 0 saturated carbocycles. The monoisotopic (exact) mass is 342 g/mol. The molecule has 0 atom stereocenters. The second-order valence-corrected chi connectivity index (χ2v) is 6.09. The molecule has 4 aromatic rings. The number of hydrogen-bond donors (Lipinski definition) is 0. The van der Waals surface area contributed by atoms with Gasteiger partial charge in [-0.25, -0.2) is 4.98 Å². The number of aryl methyl sites for hydroxylation is 1. The molecule has 0 aliphatic heterocycles. The van der Waals surface area contributed by atoms with Gasteiger partial charge in [-0.3, -0.25) is 18.6 Å². The van der Waals surface area contributed by atoms with Crippen molar-refractivity contribution in [3.8, 4) is 6.07 Å². The maximum Gasteiger partial charge on any atom is 0.270 e. The molecule has 0 bridgehead atoms. The van der Waals surface area contributed by atoms with Gasteiger partial charge in [-0.1, -0.05) is 36.4 Å². The highest BCUT2D eigenvalue weighted by Crippen LogP contribution is 2.13. The first kappa shape index (κ1) is 15.8. The second kappa shape index (κ2) is 5.97. The van der Waals surface area contributed by atoms with E-state index in [1.165, 1.54) is 15.0 Å². The standard InChI is InChI=1S/C20H14N4O2/c1-13-6-5-9-23-17(13)22-18-16(20(23)26)10-15(11-21)19(25)24(18)12-14-7-3-2-4-8-14/h2-10H,12H2,1H3. The SMILES string of the molecule is Cc1cccn2c(=O)c3cc(C#N)c(=O)n(Cc4ccccc4)c3nc12. The lowest BCUT2D eigenvalue weighted by Crippen LogP contribution is -2.28. The Morgan fingerprint density at radius 2 is 1.81 bits per heavy atom. The van der Waals surface area contributed by atoms with E-state index < -0.39 is 5.56 Å². The lowest BCUT2D eigenvalue weighted by atomic mass is 10.2. The first-order valence-corrected chi connectivity index (χ1v) is 8.09. The fourth-order valence-electron chi connectivity index (χ4n) is 3.07. The van der Waals surface area contributed by atoms with Crippen molar-refractivity contribution in [2.24, 2.45) is 0 Å². The summed E-state index contributed by atoms with van der Waals surface area (Å²) >= 11 is 0. The summed E-state index contributed by atoms with van der Waals surface area (Å²) in [6, 6.07) is 16.3. The molecule has 0 radical (unpaired) electrons. The molecule has 0 aliphatic carbocycles. The maximum atomic E-state index is 12.9. The summed E-state index contributed by atoms with van der Waals surface area (Å²) in [5.74, 6) is 0. The zero-order chi connectivity index (χ0) is 18.3. The van der Waals surface area contributed by atoms with E-state index in [9.17, 15) is 14.9 Å². The average Bonchev–Trinajstić information content (AvgIpc) is 2.66. The van der Waals surface area contributed by atoms with E-state index in [0.29, 0.717) is 5.65 Å². The van der Waals surface area contributed by atoms with Gasteiger partial charge in [0.05, 0.1) is 11.9 Å². The quantitative estimate of drug-likeness (QED) is 0.523. The fraction of sp³-hybridized carbons (Fsp3) is 0.100. The van der Waals surface area contributed by atoms with Crippen LogP contribution in [0, 0.1) is 18.3 Å². The minimum absolute atomic E-state index is 0.0695. The number of nitriles is 1. The van der Waals surface area contributed by atoms with E-state index in [4.69, 9.17) is 0 Å². The van der Waals surface area contributed by atoms with Gasteiger partial charge in [0.15, 0.2) is 5.65 Å². The topological polar surface area (TPSA) is 80.2 Å². The smallest absolute Gasteiger partial charge is 0.270 e. The molecular formula is C20H14N4O2. The largest absolute Gasteiger partial charge is 0.287 e. The molecule has 0 unspecified atom stereocenters. The van der Waals surface area contributed by atoms with Gasteiger partial charge in [-0.2, -0.15) is 5.26 Å². The van der Waals surface area contributed by atoms with Crippen LogP contribution in [0.2, 0.25) is 0 Å². The van der Waals surface area contributed by atoms with Crippen LogP contribution in [-0.4, -0.2) is 14.0 Å². The highest BCUT2D eigenvalue weighted by molar-refractivity contribution is 5.78. The van der Waals surface area contributed by atoms with Crippen molar-refractivity contribution in [2.45, 2.75) is 13.5 Å². The molecule has 0 spiro atoms. The van der Waals surface area contributed by atoms with Gasteiger partial charge in [-0.15, -0.1) is 0 Å². The van der Waals surface area contributed by atoms with Gasteiger partial charge in [0.25, 0.3) is 11.1 Å². The third-order valence-electron chi connectivity index (χ3n) is 4.39. The summed E-state index contributed by atoms with van der Waals surface area (Å²) in [5.41, 5.74) is 1.68. The number of fused-ring (bicyclic) bond motifs is 2. The Morgan fingerprint density at radius 3 is 2.54 bits per heavy atom. The third-order valence-corrected chi connectivity index (χ3v) is 4.39. The average molecular weight is 342 g/mol. The van der Waals surface area contributed by atoms with Crippen LogP contribution in [0.4, 0.5) is 0 Å². The predicted octanol–water partition coefficient (Wildman–Crippen LogP) is 2.24. The van der Waals surface area contributed by atoms with E-state index in [0.717, 1.165) is 11.1 Å². The third kappa shape index (κ3) is 2.38. The van der Waals surface area contributed by atoms with Gasteiger partial charge in [0.1, 0.15) is 17.3 Å². The van der Waals surface area contributed by atoms with Crippen LogP contribution in [0.25, 0.3) is 16.7 Å². The summed E-state index contributed by atoms with van der Waals surface area (Å²) in [6.45, 7) is 2.09.